The quantitative estimate of drug-likeness (QED) is 0.447. The Morgan fingerprint density at radius 1 is 0.727 bits per heavy atom. The fourth-order valence-electron chi connectivity index (χ4n) is 2.88. The molecule has 0 aliphatic heterocycles. The Hall–Kier alpha value is -2.39. The largest absolute Gasteiger partial charge is 0.309 e. The minimum atomic E-state index is 0.0686. The van der Waals surface area contributed by atoms with Crippen LogP contribution in [-0.4, -0.2) is 4.57 Å². The zero-order valence-corrected chi connectivity index (χ0v) is 13.2. The van der Waals surface area contributed by atoms with Crippen LogP contribution in [0.5, 0.6) is 0 Å². The van der Waals surface area contributed by atoms with Gasteiger partial charge < -0.3 is 4.57 Å². The van der Waals surface area contributed by atoms with Crippen LogP contribution in [0.4, 0.5) is 0 Å². The van der Waals surface area contributed by atoms with Crippen LogP contribution in [0.15, 0.2) is 82.1 Å². The van der Waals surface area contributed by atoms with Crippen LogP contribution in [0, 0.1) is 0 Å². The first kappa shape index (κ1) is 13.3. The van der Waals surface area contributed by atoms with Crippen molar-refractivity contribution in [3.8, 4) is 5.69 Å². The summed E-state index contributed by atoms with van der Waals surface area (Å²) >= 11 is 3.46. The summed E-state index contributed by atoms with van der Waals surface area (Å²) in [5, 5.41) is 1.45. The van der Waals surface area contributed by atoms with E-state index in [0.29, 0.717) is 0 Å². The summed E-state index contributed by atoms with van der Waals surface area (Å²) in [7, 11) is 0. The van der Waals surface area contributed by atoms with E-state index < -0.39 is 0 Å². The molecule has 0 aliphatic carbocycles. The molecule has 0 saturated heterocycles. The maximum atomic E-state index is 12.8. The maximum absolute atomic E-state index is 12.8. The van der Waals surface area contributed by atoms with E-state index in [9.17, 15) is 4.79 Å². The SMILES string of the molecule is O=c1c2ccccc2n(-c2ccccc2)c2ccc(Br)cc12. The number of benzene rings is 3. The fourth-order valence-corrected chi connectivity index (χ4v) is 3.24. The first-order valence-corrected chi connectivity index (χ1v) is 7.83. The molecule has 0 amide bonds. The van der Waals surface area contributed by atoms with Gasteiger partial charge in [-0.15, -0.1) is 0 Å². The number of hydrogen-bond acceptors (Lipinski definition) is 1. The van der Waals surface area contributed by atoms with E-state index in [1.165, 1.54) is 0 Å². The predicted molar refractivity (Wildman–Crippen MR) is 94.8 cm³/mol. The lowest BCUT2D eigenvalue weighted by Crippen LogP contribution is -2.10. The highest BCUT2D eigenvalue weighted by molar-refractivity contribution is 9.10. The highest BCUT2D eigenvalue weighted by atomic mass is 79.9. The summed E-state index contributed by atoms with van der Waals surface area (Å²) in [6.07, 6.45) is 0. The lowest BCUT2D eigenvalue weighted by atomic mass is 10.1. The monoisotopic (exact) mass is 349 g/mol. The van der Waals surface area contributed by atoms with Gasteiger partial charge in [0.1, 0.15) is 0 Å². The van der Waals surface area contributed by atoms with E-state index in [1.807, 2.05) is 60.7 Å². The second-order valence-corrected chi connectivity index (χ2v) is 6.09. The summed E-state index contributed by atoms with van der Waals surface area (Å²) in [6.45, 7) is 0. The summed E-state index contributed by atoms with van der Waals surface area (Å²) in [5.41, 5.74) is 2.96. The third-order valence-corrected chi connectivity index (χ3v) is 4.34. The Kier molecular flexibility index (Phi) is 3.09. The van der Waals surface area contributed by atoms with Gasteiger partial charge in [0.15, 0.2) is 5.43 Å². The Labute approximate surface area is 135 Å². The van der Waals surface area contributed by atoms with Crippen molar-refractivity contribution in [2.45, 2.75) is 0 Å². The predicted octanol–water partition coefficient (Wildman–Crippen LogP) is 4.91. The average Bonchev–Trinajstić information content (AvgIpc) is 2.57. The van der Waals surface area contributed by atoms with Crippen LogP contribution in [0.25, 0.3) is 27.5 Å². The van der Waals surface area contributed by atoms with Gasteiger partial charge in [-0.2, -0.15) is 0 Å². The molecular formula is C19H12BrNO. The fraction of sp³-hybridized carbons (Fsp3) is 0. The van der Waals surface area contributed by atoms with Crippen LogP contribution >= 0.6 is 15.9 Å². The summed E-state index contributed by atoms with van der Waals surface area (Å²) in [4.78, 5) is 12.8. The molecule has 0 spiro atoms. The van der Waals surface area contributed by atoms with Gasteiger partial charge in [-0.1, -0.05) is 46.3 Å². The van der Waals surface area contributed by atoms with Gasteiger partial charge in [-0.05, 0) is 42.5 Å². The molecule has 0 atom stereocenters. The molecule has 3 heteroatoms. The Balaban J connectivity index is 2.30. The maximum Gasteiger partial charge on any atom is 0.197 e. The van der Waals surface area contributed by atoms with Crippen molar-refractivity contribution in [3.05, 3.63) is 87.5 Å². The van der Waals surface area contributed by atoms with E-state index in [4.69, 9.17) is 0 Å². The molecule has 0 aliphatic rings. The molecule has 0 fully saturated rings. The Morgan fingerprint density at radius 3 is 2.23 bits per heavy atom. The first-order valence-electron chi connectivity index (χ1n) is 7.04. The third-order valence-electron chi connectivity index (χ3n) is 3.85. The number of nitrogens with zero attached hydrogens (tertiary/aromatic N) is 1. The molecule has 3 aromatic carbocycles. The van der Waals surface area contributed by atoms with Crippen LogP contribution in [0.1, 0.15) is 0 Å². The van der Waals surface area contributed by atoms with Gasteiger partial charge in [0.25, 0.3) is 0 Å². The van der Waals surface area contributed by atoms with Gasteiger partial charge in [0.05, 0.1) is 11.0 Å². The van der Waals surface area contributed by atoms with Crippen molar-refractivity contribution >= 4 is 37.7 Å². The molecule has 0 radical (unpaired) electrons. The van der Waals surface area contributed by atoms with Crippen LogP contribution < -0.4 is 5.43 Å². The van der Waals surface area contributed by atoms with Crippen molar-refractivity contribution in [2.75, 3.05) is 0 Å². The molecule has 0 N–H and O–H groups in total. The number of fused-ring (bicyclic) bond motifs is 2. The van der Waals surface area contributed by atoms with E-state index >= 15 is 0 Å². The Bertz CT molecular complexity index is 1050. The van der Waals surface area contributed by atoms with E-state index in [2.05, 4.69) is 32.6 Å². The van der Waals surface area contributed by atoms with Crippen LogP contribution in [0.2, 0.25) is 0 Å². The second kappa shape index (κ2) is 5.11. The van der Waals surface area contributed by atoms with Crippen molar-refractivity contribution in [1.82, 2.24) is 4.57 Å². The zero-order valence-electron chi connectivity index (χ0n) is 11.7. The number of aromatic nitrogens is 1. The van der Waals surface area contributed by atoms with Gasteiger partial charge in [0, 0.05) is 20.9 Å². The number of rotatable bonds is 1. The van der Waals surface area contributed by atoms with Crippen LogP contribution in [0.3, 0.4) is 0 Å². The molecule has 1 aromatic heterocycles. The average molecular weight is 350 g/mol. The molecule has 4 aromatic rings. The molecule has 22 heavy (non-hydrogen) atoms. The summed E-state index contributed by atoms with van der Waals surface area (Å²) in [5.74, 6) is 0. The normalized spacial score (nSPS) is 11.1. The van der Waals surface area contributed by atoms with E-state index in [-0.39, 0.29) is 5.43 Å². The summed E-state index contributed by atoms with van der Waals surface area (Å²) in [6, 6.07) is 23.7. The molecule has 1 heterocycles. The molecular weight excluding hydrogens is 338 g/mol. The standard InChI is InChI=1S/C19H12BrNO/c20-13-10-11-18-16(12-13)19(22)15-8-4-5-9-17(15)21(18)14-6-2-1-3-7-14/h1-12H. The smallest absolute Gasteiger partial charge is 0.197 e. The lowest BCUT2D eigenvalue weighted by molar-refractivity contribution is 1.16. The van der Waals surface area contributed by atoms with Crippen molar-refractivity contribution in [3.63, 3.8) is 0 Å². The first-order chi connectivity index (χ1) is 10.8. The van der Waals surface area contributed by atoms with Crippen molar-refractivity contribution in [1.29, 1.82) is 0 Å². The zero-order chi connectivity index (χ0) is 15.1. The van der Waals surface area contributed by atoms with Crippen LogP contribution in [-0.2, 0) is 0 Å². The topological polar surface area (TPSA) is 22.0 Å². The lowest BCUT2D eigenvalue weighted by Gasteiger charge is -2.15. The summed E-state index contributed by atoms with van der Waals surface area (Å²) < 4.78 is 3.05. The molecule has 0 bridgehead atoms. The number of halogens is 1. The Morgan fingerprint density at radius 2 is 1.41 bits per heavy atom. The highest BCUT2D eigenvalue weighted by Gasteiger charge is 2.11. The van der Waals surface area contributed by atoms with Crippen molar-refractivity contribution < 1.29 is 0 Å². The van der Waals surface area contributed by atoms with Gasteiger partial charge in [0.2, 0.25) is 0 Å². The number of para-hydroxylation sites is 2. The second-order valence-electron chi connectivity index (χ2n) is 5.18. The van der Waals surface area contributed by atoms with Gasteiger partial charge in [-0.3, -0.25) is 4.79 Å². The molecule has 4 rings (SSSR count). The molecule has 0 saturated carbocycles. The number of hydrogen-bond donors (Lipinski definition) is 0. The minimum absolute atomic E-state index is 0.0686. The van der Waals surface area contributed by atoms with Gasteiger partial charge in [-0.25, -0.2) is 0 Å². The minimum Gasteiger partial charge on any atom is -0.309 e. The van der Waals surface area contributed by atoms with E-state index in [0.717, 1.165) is 32.0 Å². The van der Waals surface area contributed by atoms with E-state index in [1.54, 1.807) is 0 Å². The van der Waals surface area contributed by atoms with Crippen molar-refractivity contribution in [2.24, 2.45) is 0 Å². The van der Waals surface area contributed by atoms with Gasteiger partial charge >= 0.3 is 0 Å². The molecule has 0 unspecified atom stereocenters. The third kappa shape index (κ3) is 1.97. The highest BCUT2D eigenvalue weighted by Crippen LogP contribution is 2.25. The number of pyridine rings is 1. The molecule has 106 valence electrons. The molecule has 2 nitrogen and oxygen atoms in total.